The summed E-state index contributed by atoms with van der Waals surface area (Å²) in [5, 5.41) is 30.7. The summed E-state index contributed by atoms with van der Waals surface area (Å²) in [4.78, 5) is 0. The Morgan fingerprint density at radius 2 is 1.86 bits per heavy atom. The molecule has 0 amide bonds. The third-order valence-corrected chi connectivity index (χ3v) is 4.45. The molecule has 0 saturated carbocycles. The standard InChI is InChI=1S/C18H24O3/c1-5-12-7-16(20)18(17(21)8-12)14-6-11(4)15(19)9-13(14)10(2)3/h6-8,13-15,19-21H,2,5,9H2,1,3-4H3. The third-order valence-electron chi connectivity index (χ3n) is 4.45. The lowest BCUT2D eigenvalue weighted by atomic mass is 9.72. The molecule has 0 radical (unpaired) electrons. The summed E-state index contributed by atoms with van der Waals surface area (Å²) in [6.45, 7) is 9.78. The Morgan fingerprint density at radius 1 is 1.29 bits per heavy atom. The summed E-state index contributed by atoms with van der Waals surface area (Å²) in [6, 6.07) is 3.41. The van der Waals surface area contributed by atoms with E-state index in [2.05, 4.69) is 6.58 Å². The van der Waals surface area contributed by atoms with Crippen LogP contribution in [0, 0.1) is 5.92 Å². The molecule has 3 atom stereocenters. The van der Waals surface area contributed by atoms with Crippen LogP contribution in [-0.2, 0) is 6.42 Å². The van der Waals surface area contributed by atoms with Crippen LogP contribution in [0.25, 0.3) is 0 Å². The van der Waals surface area contributed by atoms with Gasteiger partial charge in [0.25, 0.3) is 0 Å². The number of rotatable bonds is 3. The molecule has 114 valence electrons. The van der Waals surface area contributed by atoms with E-state index in [1.165, 1.54) is 0 Å². The van der Waals surface area contributed by atoms with E-state index < -0.39 is 6.10 Å². The second-order valence-electron chi connectivity index (χ2n) is 6.04. The molecule has 1 aliphatic rings. The Labute approximate surface area is 126 Å². The first kappa shape index (κ1) is 15.6. The highest BCUT2D eigenvalue weighted by molar-refractivity contribution is 5.52. The minimum atomic E-state index is -0.484. The van der Waals surface area contributed by atoms with E-state index in [9.17, 15) is 15.3 Å². The molecule has 0 fully saturated rings. The number of hydrogen-bond acceptors (Lipinski definition) is 3. The van der Waals surface area contributed by atoms with Gasteiger partial charge in [0.2, 0.25) is 0 Å². The molecule has 21 heavy (non-hydrogen) atoms. The maximum atomic E-state index is 10.3. The van der Waals surface area contributed by atoms with E-state index in [0.717, 1.165) is 23.1 Å². The zero-order chi connectivity index (χ0) is 15.7. The molecule has 0 saturated heterocycles. The van der Waals surface area contributed by atoms with Gasteiger partial charge in [-0.05, 0) is 55.9 Å². The number of hydrogen-bond donors (Lipinski definition) is 3. The third kappa shape index (κ3) is 2.98. The number of benzene rings is 1. The molecule has 0 aromatic heterocycles. The molecule has 1 aromatic carbocycles. The van der Waals surface area contributed by atoms with Crippen LogP contribution in [0.4, 0.5) is 0 Å². The molecule has 0 aliphatic heterocycles. The van der Waals surface area contributed by atoms with E-state index in [1.807, 2.05) is 26.8 Å². The molecule has 1 aromatic rings. The van der Waals surface area contributed by atoms with Crippen molar-refractivity contribution in [2.45, 2.75) is 45.6 Å². The Hall–Kier alpha value is -1.74. The lowest BCUT2D eigenvalue weighted by Crippen LogP contribution is -2.26. The molecule has 3 N–H and O–H groups in total. The summed E-state index contributed by atoms with van der Waals surface area (Å²) in [5.41, 5.74) is 3.25. The smallest absolute Gasteiger partial charge is 0.123 e. The largest absolute Gasteiger partial charge is 0.507 e. The molecule has 0 spiro atoms. The number of phenols is 2. The van der Waals surface area contributed by atoms with Crippen LogP contribution in [0.3, 0.4) is 0 Å². The van der Waals surface area contributed by atoms with Crippen LogP contribution in [0.1, 0.15) is 44.2 Å². The molecule has 1 aliphatic carbocycles. The Kier molecular flexibility index (Phi) is 4.43. The topological polar surface area (TPSA) is 60.7 Å². The monoisotopic (exact) mass is 288 g/mol. The number of aromatic hydroxyl groups is 2. The second kappa shape index (κ2) is 5.94. The van der Waals surface area contributed by atoms with Gasteiger partial charge in [-0.3, -0.25) is 0 Å². The van der Waals surface area contributed by atoms with E-state index in [4.69, 9.17) is 0 Å². The second-order valence-corrected chi connectivity index (χ2v) is 6.04. The summed E-state index contributed by atoms with van der Waals surface area (Å²) in [6.07, 6.45) is 2.77. The summed E-state index contributed by atoms with van der Waals surface area (Å²) < 4.78 is 0. The van der Waals surface area contributed by atoms with Gasteiger partial charge in [0, 0.05) is 11.5 Å². The first-order valence-corrected chi connectivity index (χ1v) is 7.41. The van der Waals surface area contributed by atoms with Crippen LogP contribution in [0.2, 0.25) is 0 Å². The molecule has 2 rings (SSSR count). The van der Waals surface area contributed by atoms with Crippen molar-refractivity contribution in [2.24, 2.45) is 5.92 Å². The van der Waals surface area contributed by atoms with Gasteiger partial charge in [-0.1, -0.05) is 25.2 Å². The van der Waals surface area contributed by atoms with E-state index >= 15 is 0 Å². The predicted octanol–water partition coefficient (Wildman–Crippen LogP) is 3.65. The number of aliphatic hydroxyl groups is 1. The van der Waals surface area contributed by atoms with Gasteiger partial charge in [0.15, 0.2) is 0 Å². The minimum absolute atomic E-state index is 0.00739. The number of aryl methyl sites for hydroxylation is 1. The summed E-state index contributed by atoms with van der Waals surface area (Å²) in [7, 11) is 0. The average molecular weight is 288 g/mol. The molecular weight excluding hydrogens is 264 g/mol. The lowest BCUT2D eigenvalue weighted by molar-refractivity contribution is 0.168. The predicted molar refractivity (Wildman–Crippen MR) is 84.6 cm³/mol. The van der Waals surface area contributed by atoms with E-state index in [-0.39, 0.29) is 23.3 Å². The zero-order valence-electron chi connectivity index (χ0n) is 12.9. The van der Waals surface area contributed by atoms with Gasteiger partial charge >= 0.3 is 0 Å². The van der Waals surface area contributed by atoms with Crippen molar-refractivity contribution in [3.8, 4) is 11.5 Å². The Morgan fingerprint density at radius 3 is 2.33 bits per heavy atom. The van der Waals surface area contributed by atoms with Gasteiger partial charge in [0.1, 0.15) is 11.5 Å². The van der Waals surface area contributed by atoms with Crippen LogP contribution in [0.15, 0.2) is 35.9 Å². The number of phenolic OH excluding ortho intramolecular Hbond substituents is 2. The van der Waals surface area contributed by atoms with Crippen molar-refractivity contribution in [1.82, 2.24) is 0 Å². The molecule has 3 nitrogen and oxygen atoms in total. The van der Waals surface area contributed by atoms with Gasteiger partial charge < -0.3 is 15.3 Å². The molecule has 3 heteroatoms. The zero-order valence-corrected chi connectivity index (χ0v) is 12.9. The van der Waals surface area contributed by atoms with Gasteiger partial charge in [0.05, 0.1) is 6.10 Å². The van der Waals surface area contributed by atoms with Crippen molar-refractivity contribution in [1.29, 1.82) is 0 Å². The highest BCUT2D eigenvalue weighted by atomic mass is 16.3. The average Bonchev–Trinajstić information content (AvgIpc) is 2.41. The SMILES string of the molecule is C=C(C)C1CC(O)C(C)=CC1c1c(O)cc(CC)cc1O. The van der Waals surface area contributed by atoms with Crippen LogP contribution < -0.4 is 0 Å². The van der Waals surface area contributed by atoms with E-state index in [1.54, 1.807) is 12.1 Å². The first-order valence-electron chi connectivity index (χ1n) is 7.41. The Bertz CT molecular complexity index is 563. The van der Waals surface area contributed by atoms with Crippen molar-refractivity contribution >= 4 is 0 Å². The molecular formula is C18H24O3. The van der Waals surface area contributed by atoms with Crippen LogP contribution in [-0.4, -0.2) is 21.4 Å². The highest BCUT2D eigenvalue weighted by Gasteiger charge is 2.33. The van der Waals surface area contributed by atoms with Gasteiger partial charge in [-0.25, -0.2) is 0 Å². The quantitative estimate of drug-likeness (QED) is 0.744. The van der Waals surface area contributed by atoms with Gasteiger partial charge in [-0.2, -0.15) is 0 Å². The molecule has 0 bridgehead atoms. The molecule has 0 heterocycles. The summed E-state index contributed by atoms with van der Waals surface area (Å²) >= 11 is 0. The van der Waals surface area contributed by atoms with Crippen LogP contribution >= 0.6 is 0 Å². The first-order chi connectivity index (χ1) is 9.85. The molecule has 3 unspecified atom stereocenters. The fourth-order valence-corrected chi connectivity index (χ4v) is 3.10. The maximum Gasteiger partial charge on any atom is 0.123 e. The number of allylic oxidation sites excluding steroid dienone is 2. The summed E-state index contributed by atoms with van der Waals surface area (Å²) in [5.74, 6) is 0.0804. The lowest BCUT2D eigenvalue weighted by Gasteiger charge is -2.34. The maximum absolute atomic E-state index is 10.3. The number of aliphatic hydroxyl groups excluding tert-OH is 1. The fourth-order valence-electron chi connectivity index (χ4n) is 3.10. The van der Waals surface area contributed by atoms with Gasteiger partial charge in [-0.15, -0.1) is 0 Å². The normalized spacial score (nSPS) is 25.5. The highest BCUT2D eigenvalue weighted by Crippen LogP contribution is 2.46. The van der Waals surface area contributed by atoms with Crippen molar-refractivity contribution in [2.75, 3.05) is 0 Å². The fraction of sp³-hybridized carbons (Fsp3) is 0.444. The van der Waals surface area contributed by atoms with Crippen LogP contribution in [0.5, 0.6) is 11.5 Å². The van der Waals surface area contributed by atoms with E-state index in [0.29, 0.717) is 12.0 Å². The minimum Gasteiger partial charge on any atom is -0.507 e. The van der Waals surface area contributed by atoms with Crippen molar-refractivity contribution in [3.05, 3.63) is 47.1 Å². The Balaban J connectivity index is 2.55. The van der Waals surface area contributed by atoms with Crippen molar-refractivity contribution in [3.63, 3.8) is 0 Å². The van der Waals surface area contributed by atoms with Crippen molar-refractivity contribution < 1.29 is 15.3 Å².